The number of rotatable bonds is 4. The molecule has 1 N–H and O–H groups in total. The van der Waals surface area contributed by atoms with Crippen molar-refractivity contribution in [2.75, 3.05) is 0 Å². The number of hydrogen-bond donors (Lipinski definition) is 1. The number of hydrogen-bond acceptors (Lipinski definition) is 2. The van der Waals surface area contributed by atoms with Crippen LogP contribution in [0.3, 0.4) is 0 Å². The van der Waals surface area contributed by atoms with E-state index in [9.17, 15) is 4.79 Å². The Labute approximate surface area is 120 Å². The molecule has 0 amide bonds. The van der Waals surface area contributed by atoms with E-state index in [1.54, 1.807) is 0 Å². The van der Waals surface area contributed by atoms with Gasteiger partial charge in [-0.25, -0.2) is 4.98 Å². The van der Waals surface area contributed by atoms with E-state index in [0.717, 1.165) is 24.1 Å². The van der Waals surface area contributed by atoms with Gasteiger partial charge in [0, 0.05) is 11.1 Å². The second kappa shape index (κ2) is 6.04. The van der Waals surface area contributed by atoms with E-state index < -0.39 is 0 Å². The molecule has 1 aromatic carbocycles. The molecule has 0 spiro atoms. The van der Waals surface area contributed by atoms with Gasteiger partial charge >= 0.3 is 0 Å². The summed E-state index contributed by atoms with van der Waals surface area (Å²) in [5.41, 5.74) is 3.82. The normalized spacial score (nSPS) is 11.1. The first-order valence-electron chi connectivity index (χ1n) is 7.20. The van der Waals surface area contributed by atoms with E-state index in [4.69, 9.17) is 0 Å². The zero-order valence-electron chi connectivity index (χ0n) is 12.7. The van der Waals surface area contributed by atoms with Crippen molar-refractivity contribution in [2.45, 2.75) is 40.5 Å². The van der Waals surface area contributed by atoms with E-state index in [1.165, 1.54) is 5.56 Å². The number of aromatic nitrogens is 2. The Bertz CT molecular complexity index is 639. The first-order valence-corrected chi connectivity index (χ1v) is 7.20. The molecule has 0 aliphatic carbocycles. The largest absolute Gasteiger partial charge is 0.306 e. The van der Waals surface area contributed by atoms with Crippen molar-refractivity contribution in [2.24, 2.45) is 5.92 Å². The number of aryl methyl sites for hydroxylation is 1. The molecule has 2 aromatic rings. The predicted molar refractivity (Wildman–Crippen MR) is 83.0 cm³/mol. The smallest absolute Gasteiger partial charge is 0.254 e. The summed E-state index contributed by atoms with van der Waals surface area (Å²) in [4.78, 5) is 19.3. The maximum absolute atomic E-state index is 11.9. The lowest BCUT2D eigenvalue weighted by Gasteiger charge is -2.08. The van der Waals surface area contributed by atoms with Crippen LogP contribution in [0.5, 0.6) is 0 Å². The molecule has 0 unspecified atom stereocenters. The van der Waals surface area contributed by atoms with E-state index in [1.807, 2.05) is 26.0 Å². The Balaban J connectivity index is 2.37. The summed E-state index contributed by atoms with van der Waals surface area (Å²) in [7, 11) is 0. The summed E-state index contributed by atoms with van der Waals surface area (Å²) in [6.07, 6.45) is 1.84. The summed E-state index contributed by atoms with van der Waals surface area (Å²) in [6, 6.07) is 8.29. The van der Waals surface area contributed by atoms with Crippen molar-refractivity contribution < 1.29 is 0 Å². The summed E-state index contributed by atoms with van der Waals surface area (Å²) in [5, 5.41) is 0. The van der Waals surface area contributed by atoms with Crippen molar-refractivity contribution in [1.82, 2.24) is 9.97 Å². The van der Waals surface area contributed by atoms with Crippen LogP contribution in [0.4, 0.5) is 0 Å². The van der Waals surface area contributed by atoms with E-state index in [-0.39, 0.29) is 5.56 Å². The fourth-order valence-corrected chi connectivity index (χ4v) is 2.33. The molecular weight excluding hydrogens is 248 g/mol. The van der Waals surface area contributed by atoms with Crippen LogP contribution in [0.2, 0.25) is 0 Å². The number of benzene rings is 1. The van der Waals surface area contributed by atoms with Crippen molar-refractivity contribution >= 4 is 0 Å². The molecule has 0 fully saturated rings. The van der Waals surface area contributed by atoms with Crippen molar-refractivity contribution in [3.63, 3.8) is 0 Å². The zero-order valence-corrected chi connectivity index (χ0v) is 12.7. The molecular formula is C17H22N2O. The van der Waals surface area contributed by atoms with Crippen molar-refractivity contribution in [1.29, 1.82) is 0 Å². The lowest BCUT2D eigenvalue weighted by molar-refractivity contribution is 0.647. The Morgan fingerprint density at radius 2 is 1.85 bits per heavy atom. The van der Waals surface area contributed by atoms with Gasteiger partial charge in [-0.3, -0.25) is 4.79 Å². The standard InChI is InChI=1S/C17H22N2O/c1-5-15-12(4)17(20)19-16(18-15)14-8-6-13(7-9-14)10-11(2)3/h6-9,11H,5,10H2,1-4H3,(H,18,19,20). The molecule has 0 saturated carbocycles. The highest BCUT2D eigenvalue weighted by molar-refractivity contribution is 5.55. The number of aromatic amines is 1. The van der Waals surface area contributed by atoms with Crippen LogP contribution >= 0.6 is 0 Å². The summed E-state index contributed by atoms with van der Waals surface area (Å²) in [5.74, 6) is 1.30. The van der Waals surface area contributed by atoms with E-state index >= 15 is 0 Å². The second-order valence-electron chi connectivity index (χ2n) is 5.63. The monoisotopic (exact) mass is 270 g/mol. The molecule has 20 heavy (non-hydrogen) atoms. The first kappa shape index (κ1) is 14.5. The molecule has 3 heteroatoms. The number of H-pyrrole nitrogens is 1. The quantitative estimate of drug-likeness (QED) is 0.924. The molecule has 0 radical (unpaired) electrons. The second-order valence-corrected chi connectivity index (χ2v) is 5.63. The highest BCUT2D eigenvalue weighted by Crippen LogP contribution is 2.17. The molecule has 0 aliphatic heterocycles. The van der Waals surface area contributed by atoms with Crippen LogP contribution in [0.15, 0.2) is 29.1 Å². The van der Waals surface area contributed by atoms with Gasteiger partial charge in [0.05, 0.1) is 5.69 Å². The Hall–Kier alpha value is -1.90. The average Bonchev–Trinajstić information content (AvgIpc) is 2.42. The number of nitrogens with one attached hydrogen (secondary N) is 1. The fraction of sp³-hybridized carbons (Fsp3) is 0.412. The van der Waals surface area contributed by atoms with Crippen molar-refractivity contribution in [3.8, 4) is 11.4 Å². The Morgan fingerprint density at radius 1 is 1.20 bits per heavy atom. The number of nitrogens with zero attached hydrogens (tertiary/aromatic N) is 1. The molecule has 3 nitrogen and oxygen atoms in total. The van der Waals surface area contributed by atoms with Crippen LogP contribution in [-0.2, 0) is 12.8 Å². The molecule has 106 valence electrons. The third-order valence-corrected chi connectivity index (χ3v) is 3.46. The maximum atomic E-state index is 11.9. The molecule has 2 rings (SSSR count). The van der Waals surface area contributed by atoms with Crippen molar-refractivity contribution in [3.05, 3.63) is 51.4 Å². The van der Waals surface area contributed by atoms with Gasteiger partial charge in [-0.15, -0.1) is 0 Å². The molecule has 0 saturated heterocycles. The average molecular weight is 270 g/mol. The van der Waals surface area contributed by atoms with E-state index in [0.29, 0.717) is 17.3 Å². The third-order valence-electron chi connectivity index (χ3n) is 3.46. The fourth-order valence-electron chi connectivity index (χ4n) is 2.33. The van der Waals surface area contributed by atoms with Crippen LogP contribution in [0.1, 0.15) is 37.6 Å². The van der Waals surface area contributed by atoms with Gasteiger partial charge in [0.1, 0.15) is 5.82 Å². The lowest BCUT2D eigenvalue weighted by atomic mass is 10.0. The van der Waals surface area contributed by atoms with Crippen LogP contribution < -0.4 is 5.56 Å². The minimum Gasteiger partial charge on any atom is -0.306 e. The Kier molecular flexibility index (Phi) is 4.38. The predicted octanol–water partition coefficient (Wildman–Crippen LogP) is 3.51. The molecule has 1 heterocycles. The van der Waals surface area contributed by atoms with Crippen LogP contribution in [-0.4, -0.2) is 9.97 Å². The molecule has 0 atom stereocenters. The minimum absolute atomic E-state index is 0.0434. The van der Waals surface area contributed by atoms with E-state index in [2.05, 4.69) is 35.9 Å². The maximum Gasteiger partial charge on any atom is 0.254 e. The highest BCUT2D eigenvalue weighted by atomic mass is 16.1. The van der Waals surface area contributed by atoms with Crippen LogP contribution in [0, 0.1) is 12.8 Å². The summed E-state index contributed by atoms with van der Waals surface area (Å²) >= 11 is 0. The van der Waals surface area contributed by atoms with Gasteiger partial charge in [-0.05, 0) is 31.2 Å². The van der Waals surface area contributed by atoms with Gasteiger partial charge in [-0.2, -0.15) is 0 Å². The van der Waals surface area contributed by atoms with Gasteiger partial charge in [0.15, 0.2) is 0 Å². The summed E-state index contributed by atoms with van der Waals surface area (Å²) < 4.78 is 0. The van der Waals surface area contributed by atoms with Crippen LogP contribution in [0.25, 0.3) is 11.4 Å². The summed E-state index contributed by atoms with van der Waals surface area (Å²) in [6.45, 7) is 8.26. The minimum atomic E-state index is -0.0434. The Morgan fingerprint density at radius 3 is 2.40 bits per heavy atom. The van der Waals surface area contributed by atoms with Gasteiger partial charge in [-0.1, -0.05) is 45.0 Å². The highest BCUT2D eigenvalue weighted by Gasteiger charge is 2.08. The first-order chi connectivity index (χ1) is 9.51. The van der Waals surface area contributed by atoms with Gasteiger partial charge < -0.3 is 4.98 Å². The topological polar surface area (TPSA) is 45.8 Å². The molecule has 0 bridgehead atoms. The molecule has 0 aliphatic rings. The zero-order chi connectivity index (χ0) is 14.7. The van der Waals surface area contributed by atoms with Gasteiger partial charge in [0.2, 0.25) is 0 Å². The lowest BCUT2D eigenvalue weighted by Crippen LogP contribution is -2.15. The third kappa shape index (κ3) is 3.16. The SMILES string of the molecule is CCc1nc(-c2ccc(CC(C)C)cc2)[nH]c(=O)c1C. The van der Waals surface area contributed by atoms with Gasteiger partial charge in [0.25, 0.3) is 5.56 Å². The molecule has 1 aromatic heterocycles.